The maximum absolute atomic E-state index is 6.02. The van der Waals surface area contributed by atoms with E-state index in [1.807, 2.05) is 12.1 Å². The van der Waals surface area contributed by atoms with Gasteiger partial charge in [0.25, 0.3) is 0 Å². The molecule has 32 heavy (non-hydrogen) atoms. The monoisotopic (exact) mass is 441 g/mol. The fourth-order valence-corrected chi connectivity index (χ4v) is 3.35. The van der Waals surface area contributed by atoms with Gasteiger partial charge in [-0.05, 0) is 12.1 Å². The van der Waals surface area contributed by atoms with Gasteiger partial charge in [-0.1, -0.05) is 6.07 Å². The Labute approximate surface area is 186 Å². The molecule has 3 heterocycles. The highest BCUT2D eigenvalue weighted by Gasteiger charge is 2.17. The molecule has 170 valence electrons. The summed E-state index contributed by atoms with van der Waals surface area (Å²) in [5, 5.41) is 7.52. The summed E-state index contributed by atoms with van der Waals surface area (Å²) in [5.41, 5.74) is 6.67. The molecule has 3 N–H and O–H groups in total. The summed E-state index contributed by atoms with van der Waals surface area (Å²) in [6.45, 7) is 4.61. The molecule has 1 aliphatic rings. The van der Waals surface area contributed by atoms with Crippen molar-refractivity contribution in [1.29, 1.82) is 0 Å². The van der Waals surface area contributed by atoms with Crippen LogP contribution >= 0.6 is 0 Å². The highest BCUT2D eigenvalue weighted by atomic mass is 16.5. The Morgan fingerprint density at radius 1 is 1.12 bits per heavy atom. The molecule has 0 spiro atoms. The van der Waals surface area contributed by atoms with Crippen LogP contribution in [0.2, 0.25) is 0 Å². The molecule has 1 aliphatic heterocycles. The molecule has 4 rings (SSSR count). The van der Waals surface area contributed by atoms with Gasteiger partial charge in [-0.2, -0.15) is 9.67 Å². The van der Waals surface area contributed by atoms with Crippen LogP contribution in [0.1, 0.15) is 0 Å². The summed E-state index contributed by atoms with van der Waals surface area (Å²) < 4.78 is 23.9. The fraction of sp³-hybridized carbons (Fsp3) is 0.381. The lowest BCUT2D eigenvalue weighted by molar-refractivity contribution is 0.0319. The van der Waals surface area contributed by atoms with Crippen molar-refractivity contribution in [2.45, 2.75) is 0 Å². The Morgan fingerprint density at radius 2 is 1.88 bits per heavy atom. The normalized spacial score (nSPS) is 14.2. The van der Waals surface area contributed by atoms with Crippen LogP contribution in [0.25, 0.3) is 5.82 Å². The topological polar surface area (TPSA) is 122 Å². The summed E-state index contributed by atoms with van der Waals surface area (Å²) >= 11 is 0. The largest absolute Gasteiger partial charge is 0.493 e. The zero-order valence-corrected chi connectivity index (χ0v) is 18.2. The third-order valence-corrected chi connectivity index (χ3v) is 4.97. The quantitative estimate of drug-likeness (QED) is 0.507. The zero-order valence-electron chi connectivity index (χ0n) is 18.2. The predicted octanol–water partition coefficient (Wildman–Crippen LogP) is 1.72. The minimum Gasteiger partial charge on any atom is -0.493 e. The molecule has 1 fully saturated rings. The van der Waals surface area contributed by atoms with E-state index in [1.165, 1.54) is 4.68 Å². The molecule has 11 nitrogen and oxygen atoms in total. The Hall–Kier alpha value is -3.57. The fourth-order valence-electron chi connectivity index (χ4n) is 3.35. The van der Waals surface area contributed by atoms with Crippen molar-refractivity contribution in [2.75, 3.05) is 64.7 Å². The summed E-state index contributed by atoms with van der Waals surface area (Å²) in [4.78, 5) is 10.8. The molecule has 2 aromatic heterocycles. The number of nitrogens with one attached hydrogen (secondary N) is 1. The second-order valence-corrected chi connectivity index (χ2v) is 7.03. The summed E-state index contributed by atoms with van der Waals surface area (Å²) in [5.74, 6) is 2.72. The van der Waals surface area contributed by atoms with Gasteiger partial charge in [-0.25, -0.2) is 4.98 Å². The Bertz CT molecular complexity index is 997. The first-order valence-corrected chi connectivity index (χ1v) is 10.3. The number of benzene rings is 1. The molecule has 3 aromatic rings. The van der Waals surface area contributed by atoms with Gasteiger partial charge >= 0.3 is 0 Å². The summed E-state index contributed by atoms with van der Waals surface area (Å²) in [6.07, 6.45) is 1.66. The van der Waals surface area contributed by atoms with E-state index in [0.717, 1.165) is 32.8 Å². The van der Waals surface area contributed by atoms with Gasteiger partial charge in [0.1, 0.15) is 6.61 Å². The SMILES string of the molecule is COc1cc(Nc2nc(N)n(-c3ccccn3)n2)cc(OC)c1OCCN1CCOCC1. The van der Waals surface area contributed by atoms with E-state index in [2.05, 4.69) is 25.3 Å². The number of aromatic nitrogens is 4. The van der Waals surface area contributed by atoms with Crippen LogP contribution < -0.4 is 25.3 Å². The van der Waals surface area contributed by atoms with E-state index in [9.17, 15) is 0 Å². The Balaban J connectivity index is 1.49. The molecule has 0 atom stereocenters. The van der Waals surface area contributed by atoms with Crippen LogP contribution in [0.4, 0.5) is 17.6 Å². The molecular formula is C21H27N7O4. The Kier molecular flexibility index (Phi) is 6.87. The van der Waals surface area contributed by atoms with E-state index in [0.29, 0.717) is 41.3 Å². The number of anilines is 3. The molecule has 0 saturated carbocycles. The van der Waals surface area contributed by atoms with Gasteiger partial charge in [0, 0.05) is 43.7 Å². The number of rotatable bonds is 9. The maximum Gasteiger partial charge on any atom is 0.248 e. The van der Waals surface area contributed by atoms with E-state index < -0.39 is 0 Å². The van der Waals surface area contributed by atoms with Crippen molar-refractivity contribution in [1.82, 2.24) is 24.6 Å². The first-order chi connectivity index (χ1) is 15.7. The molecule has 0 aliphatic carbocycles. The first-order valence-electron chi connectivity index (χ1n) is 10.3. The summed E-state index contributed by atoms with van der Waals surface area (Å²) in [7, 11) is 3.17. The molecular weight excluding hydrogens is 414 g/mol. The van der Waals surface area contributed by atoms with E-state index in [-0.39, 0.29) is 5.95 Å². The lowest BCUT2D eigenvalue weighted by Crippen LogP contribution is -2.38. The molecule has 1 aromatic carbocycles. The number of pyridine rings is 1. The van der Waals surface area contributed by atoms with Gasteiger partial charge in [0.05, 0.1) is 27.4 Å². The standard InChI is InChI=1S/C21H27N7O4/c1-29-16-13-15(24-21-25-20(22)28(26-21)18-5-3-4-6-23-18)14-17(30-2)19(16)32-12-9-27-7-10-31-11-8-27/h3-6,13-14H,7-12H2,1-2H3,(H3,22,24,25,26). The molecule has 0 bridgehead atoms. The number of methoxy groups -OCH3 is 2. The maximum atomic E-state index is 6.02. The average molecular weight is 441 g/mol. The molecule has 0 amide bonds. The molecule has 1 saturated heterocycles. The van der Waals surface area contributed by atoms with Crippen molar-refractivity contribution >= 4 is 17.6 Å². The van der Waals surface area contributed by atoms with Gasteiger partial charge in [-0.15, -0.1) is 5.10 Å². The smallest absolute Gasteiger partial charge is 0.248 e. The third kappa shape index (κ3) is 5.01. The second kappa shape index (κ2) is 10.2. The predicted molar refractivity (Wildman–Crippen MR) is 119 cm³/mol. The van der Waals surface area contributed by atoms with Crippen LogP contribution in [0.5, 0.6) is 17.2 Å². The molecule has 11 heteroatoms. The van der Waals surface area contributed by atoms with Crippen molar-refractivity contribution in [2.24, 2.45) is 0 Å². The van der Waals surface area contributed by atoms with Crippen LogP contribution in [-0.2, 0) is 4.74 Å². The van der Waals surface area contributed by atoms with Crippen LogP contribution in [0.3, 0.4) is 0 Å². The number of nitrogens with zero attached hydrogens (tertiary/aromatic N) is 5. The third-order valence-electron chi connectivity index (χ3n) is 4.97. The van der Waals surface area contributed by atoms with E-state index >= 15 is 0 Å². The van der Waals surface area contributed by atoms with Crippen molar-refractivity contribution in [3.05, 3.63) is 36.5 Å². The first kappa shape index (κ1) is 21.7. The van der Waals surface area contributed by atoms with Crippen molar-refractivity contribution in [3.63, 3.8) is 0 Å². The van der Waals surface area contributed by atoms with E-state index in [4.69, 9.17) is 24.7 Å². The van der Waals surface area contributed by atoms with Crippen molar-refractivity contribution in [3.8, 4) is 23.1 Å². The van der Waals surface area contributed by atoms with Gasteiger partial charge in [0.15, 0.2) is 17.3 Å². The zero-order chi connectivity index (χ0) is 22.3. The number of hydrogen-bond donors (Lipinski definition) is 2. The highest BCUT2D eigenvalue weighted by Crippen LogP contribution is 2.40. The highest BCUT2D eigenvalue weighted by molar-refractivity contribution is 5.66. The number of morpholine rings is 1. The lowest BCUT2D eigenvalue weighted by atomic mass is 10.2. The molecule has 0 unspecified atom stereocenters. The number of nitrogen functional groups attached to an aromatic ring is 1. The van der Waals surface area contributed by atoms with Crippen LogP contribution in [0.15, 0.2) is 36.5 Å². The van der Waals surface area contributed by atoms with Gasteiger partial charge in [-0.3, -0.25) is 4.90 Å². The minimum absolute atomic E-state index is 0.216. The van der Waals surface area contributed by atoms with Crippen LogP contribution in [0, 0.1) is 0 Å². The number of hydrogen-bond acceptors (Lipinski definition) is 10. The number of ether oxygens (including phenoxy) is 4. The van der Waals surface area contributed by atoms with Crippen molar-refractivity contribution < 1.29 is 18.9 Å². The van der Waals surface area contributed by atoms with Gasteiger partial charge in [0.2, 0.25) is 17.6 Å². The van der Waals surface area contributed by atoms with E-state index in [1.54, 1.807) is 38.6 Å². The lowest BCUT2D eigenvalue weighted by Gasteiger charge is -2.26. The minimum atomic E-state index is 0.216. The number of nitrogens with two attached hydrogens (primary N) is 1. The second-order valence-electron chi connectivity index (χ2n) is 7.03. The molecule has 0 radical (unpaired) electrons. The van der Waals surface area contributed by atoms with Crippen LogP contribution in [-0.4, -0.2) is 78.3 Å². The summed E-state index contributed by atoms with van der Waals surface area (Å²) in [6, 6.07) is 9.06. The average Bonchev–Trinajstić information content (AvgIpc) is 3.20. The van der Waals surface area contributed by atoms with Gasteiger partial charge < -0.3 is 30.0 Å². The Morgan fingerprint density at radius 3 is 2.53 bits per heavy atom.